The van der Waals surface area contributed by atoms with Crippen LogP contribution in [0.15, 0.2) is 66.7 Å². The summed E-state index contributed by atoms with van der Waals surface area (Å²) in [7, 11) is 0. The standard InChI is InChI=1S/C20H15ClN2O4/c1-13-6-9-15(10-7-13)27-19-5-3-2-4-18(19)22-20(24)16-12-14(23(25)26)8-11-17(16)21/h2-12H,1H3,(H,22,24). The van der Waals surface area contributed by atoms with E-state index in [1.54, 1.807) is 24.3 Å². The molecule has 1 N–H and O–H groups in total. The van der Waals surface area contributed by atoms with Gasteiger partial charge in [-0.2, -0.15) is 0 Å². The van der Waals surface area contributed by atoms with E-state index in [0.29, 0.717) is 17.2 Å². The number of halogens is 1. The molecule has 0 heterocycles. The van der Waals surface area contributed by atoms with Gasteiger partial charge in [0, 0.05) is 12.1 Å². The molecule has 0 radical (unpaired) electrons. The van der Waals surface area contributed by atoms with Gasteiger partial charge in [-0.05, 0) is 37.3 Å². The van der Waals surface area contributed by atoms with Crippen LogP contribution in [-0.2, 0) is 0 Å². The molecule has 3 rings (SSSR count). The van der Waals surface area contributed by atoms with E-state index in [9.17, 15) is 14.9 Å². The van der Waals surface area contributed by atoms with Gasteiger partial charge in [0.2, 0.25) is 0 Å². The topological polar surface area (TPSA) is 81.5 Å². The Morgan fingerprint density at radius 2 is 1.78 bits per heavy atom. The second kappa shape index (κ2) is 7.88. The third-order valence-electron chi connectivity index (χ3n) is 3.79. The second-order valence-electron chi connectivity index (χ2n) is 5.79. The predicted molar refractivity (Wildman–Crippen MR) is 104 cm³/mol. The van der Waals surface area contributed by atoms with Crippen LogP contribution < -0.4 is 10.1 Å². The van der Waals surface area contributed by atoms with Crippen LogP contribution in [0.3, 0.4) is 0 Å². The van der Waals surface area contributed by atoms with Crippen LogP contribution in [0.2, 0.25) is 5.02 Å². The van der Waals surface area contributed by atoms with Gasteiger partial charge in [0.25, 0.3) is 11.6 Å². The zero-order valence-corrected chi connectivity index (χ0v) is 15.1. The van der Waals surface area contributed by atoms with Gasteiger partial charge < -0.3 is 10.1 Å². The summed E-state index contributed by atoms with van der Waals surface area (Å²) in [6.45, 7) is 1.97. The first kappa shape index (κ1) is 18.4. The van der Waals surface area contributed by atoms with Gasteiger partial charge >= 0.3 is 0 Å². The molecular formula is C20H15ClN2O4. The number of carbonyl (C=O) groups excluding carboxylic acids is 1. The summed E-state index contributed by atoms with van der Waals surface area (Å²) in [5.74, 6) is 0.496. The highest BCUT2D eigenvalue weighted by molar-refractivity contribution is 6.34. The Hall–Kier alpha value is -3.38. The highest BCUT2D eigenvalue weighted by atomic mass is 35.5. The number of nitrogens with zero attached hydrogens (tertiary/aromatic N) is 1. The third-order valence-corrected chi connectivity index (χ3v) is 4.12. The van der Waals surface area contributed by atoms with Crippen LogP contribution >= 0.6 is 11.6 Å². The van der Waals surface area contributed by atoms with Crippen LogP contribution in [0, 0.1) is 17.0 Å². The number of hydrogen-bond donors (Lipinski definition) is 1. The largest absolute Gasteiger partial charge is 0.455 e. The molecule has 136 valence electrons. The maximum Gasteiger partial charge on any atom is 0.270 e. The summed E-state index contributed by atoms with van der Waals surface area (Å²) in [4.78, 5) is 22.9. The normalized spacial score (nSPS) is 10.3. The zero-order chi connectivity index (χ0) is 19.4. The number of aryl methyl sites for hydroxylation is 1. The second-order valence-corrected chi connectivity index (χ2v) is 6.19. The van der Waals surface area contributed by atoms with Gasteiger partial charge in [0.15, 0.2) is 5.75 Å². The molecule has 0 spiro atoms. The number of nitrogens with one attached hydrogen (secondary N) is 1. The Bertz CT molecular complexity index is 1000. The number of nitro groups is 1. The lowest BCUT2D eigenvalue weighted by Crippen LogP contribution is -2.13. The molecule has 6 nitrogen and oxygen atoms in total. The fourth-order valence-electron chi connectivity index (χ4n) is 2.38. The maximum atomic E-state index is 12.6. The number of benzene rings is 3. The van der Waals surface area contributed by atoms with Gasteiger partial charge in [-0.3, -0.25) is 14.9 Å². The van der Waals surface area contributed by atoms with Crippen molar-refractivity contribution in [2.75, 3.05) is 5.32 Å². The molecule has 0 aliphatic carbocycles. The predicted octanol–water partition coefficient (Wildman–Crippen LogP) is 5.60. The van der Waals surface area contributed by atoms with Crippen LogP contribution in [-0.4, -0.2) is 10.8 Å². The number of ether oxygens (including phenoxy) is 1. The quantitative estimate of drug-likeness (QED) is 0.460. The van der Waals surface area contributed by atoms with E-state index >= 15 is 0 Å². The summed E-state index contributed by atoms with van der Waals surface area (Å²) in [5.41, 5.74) is 1.32. The minimum absolute atomic E-state index is 0.0102. The fraction of sp³-hybridized carbons (Fsp3) is 0.0500. The molecule has 0 atom stereocenters. The Balaban J connectivity index is 1.86. The molecule has 0 saturated carbocycles. The number of carbonyl (C=O) groups is 1. The van der Waals surface area contributed by atoms with Gasteiger partial charge in [-0.15, -0.1) is 0 Å². The van der Waals surface area contributed by atoms with E-state index < -0.39 is 10.8 Å². The number of amides is 1. The molecule has 0 unspecified atom stereocenters. The summed E-state index contributed by atoms with van der Waals surface area (Å²) < 4.78 is 5.84. The summed E-state index contributed by atoms with van der Waals surface area (Å²) in [6, 6.07) is 18.1. The number of hydrogen-bond acceptors (Lipinski definition) is 4. The van der Waals surface area contributed by atoms with Gasteiger partial charge in [0.05, 0.1) is 21.2 Å². The molecule has 0 aromatic heterocycles. The average molecular weight is 383 g/mol. The molecule has 0 aliphatic heterocycles. The number of rotatable bonds is 5. The van der Waals surface area contributed by atoms with Crippen molar-refractivity contribution < 1.29 is 14.5 Å². The lowest BCUT2D eigenvalue weighted by molar-refractivity contribution is -0.384. The Labute approximate surface area is 160 Å². The smallest absolute Gasteiger partial charge is 0.270 e. The van der Waals surface area contributed by atoms with E-state index in [0.717, 1.165) is 11.6 Å². The first-order valence-corrected chi connectivity index (χ1v) is 8.40. The van der Waals surface area contributed by atoms with Crippen molar-refractivity contribution in [1.29, 1.82) is 0 Å². The van der Waals surface area contributed by atoms with Crippen molar-refractivity contribution in [3.8, 4) is 11.5 Å². The molecule has 3 aromatic carbocycles. The maximum absolute atomic E-state index is 12.6. The van der Waals surface area contributed by atoms with Crippen molar-refractivity contribution in [1.82, 2.24) is 0 Å². The van der Waals surface area contributed by atoms with Crippen molar-refractivity contribution in [2.24, 2.45) is 0 Å². The Morgan fingerprint density at radius 1 is 1.07 bits per heavy atom. The van der Waals surface area contributed by atoms with Gasteiger partial charge in [-0.1, -0.05) is 41.4 Å². The van der Waals surface area contributed by atoms with Crippen LogP contribution in [0.4, 0.5) is 11.4 Å². The Morgan fingerprint density at radius 3 is 2.48 bits per heavy atom. The number of para-hydroxylation sites is 2. The molecule has 0 fully saturated rings. The van der Waals surface area contributed by atoms with Crippen molar-refractivity contribution in [2.45, 2.75) is 6.92 Å². The summed E-state index contributed by atoms with van der Waals surface area (Å²) in [5, 5.41) is 13.8. The minimum atomic E-state index is -0.582. The SMILES string of the molecule is Cc1ccc(Oc2ccccc2NC(=O)c2cc([N+](=O)[O-])ccc2Cl)cc1. The van der Waals surface area contributed by atoms with Crippen LogP contribution in [0.5, 0.6) is 11.5 Å². The van der Waals surface area contributed by atoms with E-state index in [4.69, 9.17) is 16.3 Å². The molecule has 0 saturated heterocycles. The summed E-state index contributed by atoms with van der Waals surface area (Å²) in [6.07, 6.45) is 0. The van der Waals surface area contributed by atoms with Gasteiger partial charge in [0.1, 0.15) is 5.75 Å². The fourth-order valence-corrected chi connectivity index (χ4v) is 2.59. The van der Waals surface area contributed by atoms with Crippen LogP contribution in [0.25, 0.3) is 0 Å². The first-order valence-electron chi connectivity index (χ1n) is 8.03. The van der Waals surface area contributed by atoms with E-state index in [2.05, 4.69) is 5.32 Å². The summed E-state index contributed by atoms with van der Waals surface area (Å²) >= 11 is 6.03. The van der Waals surface area contributed by atoms with E-state index in [1.165, 1.54) is 12.1 Å². The van der Waals surface area contributed by atoms with Crippen molar-refractivity contribution in [3.63, 3.8) is 0 Å². The zero-order valence-electron chi connectivity index (χ0n) is 14.3. The van der Waals surface area contributed by atoms with Crippen LogP contribution in [0.1, 0.15) is 15.9 Å². The Kier molecular flexibility index (Phi) is 5.38. The third kappa shape index (κ3) is 4.43. The number of non-ortho nitro benzene ring substituents is 1. The van der Waals surface area contributed by atoms with Crippen molar-refractivity contribution >= 4 is 28.9 Å². The molecule has 0 bridgehead atoms. The lowest BCUT2D eigenvalue weighted by Gasteiger charge is -2.13. The molecule has 27 heavy (non-hydrogen) atoms. The average Bonchev–Trinajstić information content (AvgIpc) is 2.65. The molecule has 3 aromatic rings. The molecule has 7 heteroatoms. The first-order chi connectivity index (χ1) is 12.9. The van der Waals surface area contributed by atoms with E-state index in [1.807, 2.05) is 31.2 Å². The molecule has 0 aliphatic rings. The van der Waals surface area contributed by atoms with E-state index in [-0.39, 0.29) is 16.3 Å². The minimum Gasteiger partial charge on any atom is -0.455 e. The molecular weight excluding hydrogens is 368 g/mol. The number of anilines is 1. The highest BCUT2D eigenvalue weighted by Gasteiger charge is 2.17. The lowest BCUT2D eigenvalue weighted by atomic mass is 10.1. The number of nitro benzene ring substituents is 1. The van der Waals surface area contributed by atoms with Gasteiger partial charge in [-0.25, -0.2) is 0 Å². The monoisotopic (exact) mass is 382 g/mol. The molecule has 1 amide bonds. The highest BCUT2D eigenvalue weighted by Crippen LogP contribution is 2.31. The van der Waals surface area contributed by atoms with Crippen molar-refractivity contribution in [3.05, 3.63) is 93.0 Å².